The molecule has 6 aromatic carbocycles. The molecule has 0 spiro atoms. The number of hydrogen-bond acceptors (Lipinski definition) is 17. The van der Waals surface area contributed by atoms with Crippen molar-refractivity contribution in [2.75, 3.05) is 6.61 Å². The maximum Gasteiger partial charge on any atom is 0.338 e. The third kappa shape index (κ3) is 13.8. The molecule has 6 aromatic rings. The van der Waals surface area contributed by atoms with Gasteiger partial charge in [-0.15, -0.1) is 0 Å². The van der Waals surface area contributed by atoms with Crippen LogP contribution in [-0.2, 0) is 47.4 Å². The first-order chi connectivity index (χ1) is 36.6. The molecule has 8 rings (SSSR count). The van der Waals surface area contributed by atoms with Gasteiger partial charge in [-0.05, 0) is 79.7 Å². The van der Waals surface area contributed by atoms with Crippen molar-refractivity contribution in [2.24, 2.45) is 0 Å². The predicted octanol–water partition coefficient (Wildman–Crippen LogP) is 9.19. The largest absolute Gasteiger partial charge is 0.459 e. The van der Waals surface area contributed by atoms with Gasteiger partial charge in [-0.3, -0.25) is 5.41 Å². The summed E-state index contributed by atoms with van der Waals surface area (Å²) in [5.41, 5.74) is 0.266. The zero-order valence-electron chi connectivity index (χ0n) is 40.0. The molecule has 2 aliphatic heterocycles. The van der Waals surface area contributed by atoms with Crippen LogP contribution in [0, 0.1) is 5.41 Å². The Balaban J connectivity index is 1.29. The van der Waals surface area contributed by atoms with Gasteiger partial charge < -0.3 is 47.4 Å². The minimum Gasteiger partial charge on any atom is -0.459 e. The number of carbonyl (C=O) groups is 6. The van der Waals surface area contributed by atoms with E-state index in [0.717, 1.165) is 0 Å². The Morgan fingerprint density at radius 1 is 0.408 bits per heavy atom. The van der Waals surface area contributed by atoms with Crippen LogP contribution in [0.1, 0.15) is 69.1 Å². The molecule has 1 N–H and O–H groups in total. The number of rotatable bonds is 16. The Kier molecular flexibility index (Phi) is 18.2. The van der Waals surface area contributed by atoms with Gasteiger partial charge in [-0.1, -0.05) is 144 Å². The van der Waals surface area contributed by atoms with Gasteiger partial charge in [0.25, 0.3) is 3.79 Å². The first-order valence-electron chi connectivity index (χ1n) is 23.5. The van der Waals surface area contributed by atoms with Gasteiger partial charge in [-0.2, -0.15) is 0 Å². The Morgan fingerprint density at radius 3 is 1.09 bits per heavy atom. The first-order valence-corrected chi connectivity index (χ1v) is 24.6. The Labute approximate surface area is 450 Å². The predicted molar refractivity (Wildman–Crippen MR) is 272 cm³/mol. The highest BCUT2D eigenvalue weighted by molar-refractivity contribution is 6.76. The molecule has 2 aliphatic rings. The van der Waals surface area contributed by atoms with Crippen molar-refractivity contribution in [3.05, 3.63) is 215 Å². The number of hydrogen-bond donors (Lipinski definition) is 1. The lowest BCUT2D eigenvalue weighted by molar-refractivity contribution is -0.354. The Hall–Kier alpha value is -7.64. The average molecular weight is 1100 g/mol. The van der Waals surface area contributed by atoms with Crippen LogP contribution in [0.15, 0.2) is 182 Å². The summed E-state index contributed by atoms with van der Waals surface area (Å²) in [5, 5.41) is 8.65. The number of ether oxygens (including phenoxy) is 10. The van der Waals surface area contributed by atoms with Crippen molar-refractivity contribution >= 4 is 76.5 Å². The number of nitrogens with one attached hydrogen (secondary N) is 1. The Bertz CT molecular complexity index is 2960. The molecule has 0 aliphatic carbocycles. The molecule has 0 bridgehead atoms. The van der Waals surface area contributed by atoms with Crippen LogP contribution in [0.5, 0.6) is 0 Å². The van der Waals surface area contributed by atoms with Gasteiger partial charge in [-0.25, -0.2) is 28.8 Å². The van der Waals surface area contributed by atoms with E-state index in [-0.39, 0.29) is 33.4 Å². The van der Waals surface area contributed by atoms with Gasteiger partial charge in [0.1, 0.15) is 12.7 Å². The lowest BCUT2D eigenvalue weighted by Crippen LogP contribution is -2.67. The van der Waals surface area contributed by atoms with Gasteiger partial charge in [0, 0.05) is 0 Å². The Morgan fingerprint density at radius 2 is 0.724 bits per heavy atom. The van der Waals surface area contributed by atoms with Crippen molar-refractivity contribution in [3.8, 4) is 0 Å². The van der Waals surface area contributed by atoms with E-state index >= 15 is 0 Å². The summed E-state index contributed by atoms with van der Waals surface area (Å²) in [5.74, 6) is -6.75. The smallest absolute Gasteiger partial charge is 0.338 e. The maximum atomic E-state index is 14.4. The van der Waals surface area contributed by atoms with Gasteiger partial charge >= 0.3 is 35.8 Å². The second kappa shape index (κ2) is 25.3. The van der Waals surface area contributed by atoms with Crippen molar-refractivity contribution in [3.63, 3.8) is 0 Å². The standard InChI is InChI=1S/C56H46Cl3NO16/c1-33-41(70-48(62)35-22-10-3-11-23-35)43(72-50(64)37-26-14-5-15-27-37)46(53(68-33)76-55(60)56(57,58)59)75-54-45(74-52(66)39-30-18-7-19-31-39)44(73-51(65)38-28-16-6-17-29-38)42(71-49(63)36-24-12-4-13-25-36)40(69-54)32-67-47(61)34-20-8-2-9-21-34/h2-31,33,40-46,53-54,60H,32H2,1H3/t33-,40+,41-,42+,43+,44-,45+,46+,53-,54-/m0/s1. The topological polar surface area (TPSA) is 219 Å². The summed E-state index contributed by atoms with van der Waals surface area (Å²) >= 11 is 18.4. The van der Waals surface area contributed by atoms with Crippen LogP contribution in [-0.4, -0.2) is 114 Å². The molecule has 0 radical (unpaired) electrons. The number of carbonyl (C=O) groups excluding carboxylic acids is 6. The van der Waals surface area contributed by atoms with Crippen LogP contribution in [0.3, 0.4) is 0 Å². The van der Waals surface area contributed by atoms with Crippen LogP contribution < -0.4 is 0 Å². The van der Waals surface area contributed by atoms with E-state index in [1.54, 1.807) is 109 Å². The van der Waals surface area contributed by atoms with E-state index in [4.69, 9.17) is 87.6 Å². The molecule has 2 heterocycles. The van der Waals surface area contributed by atoms with E-state index in [9.17, 15) is 28.8 Å². The molecule has 10 atom stereocenters. The average Bonchev–Trinajstić information content (AvgIpc) is 3.45. The monoisotopic (exact) mass is 1090 g/mol. The second-order valence-electron chi connectivity index (χ2n) is 16.9. The molecular formula is C56H46Cl3NO16. The molecule has 2 saturated heterocycles. The number of alkyl halides is 3. The summed E-state index contributed by atoms with van der Waals surface area (Å²) in [6.07, 6.45) is -18.1. The van der Waals surface area contributed by atoms with E-state index in [2.05, 4.69) is 0 Å². The van der Waals surface area contributed by atoms with Crippen LogP contribution >= 0.6 is 34.8 Å². The van der Waals surface area contributed by atoms with Gasteiger partial charge in [0.2, 0.25) is 12.2 Å². The fourth-order valence-corrected chi connectivity index (χ4v) is 8.15. The minimum absolute atomic E-state index is 0.00380. The normalized spacial score (nSPS) is 23.1. The zero-order chi connectivity index (χ0) is 53.8. The lowest BCUT2D eigenvalue weighted by atomic mass is 9.96. The maximum absolute atomic E-state index is 14.4. The quantitative estimate of drug-likeness (QED) is 0.0314. The summed E-state index contributed by atoms with van der Waals surface area (Å²) in [7, 11) is 0. The molecule has 0 aromatic heterocycles. The summed E-state index contributed by atoms with van der Waals surface area (Å²) in [6, 6.07) is 46.4. The van der Waals surface area contributed by atoms with Crippen LogP contribution in [0.25, 0.3) is 0 Å². The third-order valence-corrected chi connectivity index (χ3v) is 12.3. The molecule has 392 valence electrons. The van der Waals surface area contributed by atoms with E-state index in [1.165, 1.54) is 79.7 Å². The second-order valence-corrected chi connectivity index (χ2v) is 19.2. The van der Waals surface area contributed by atoms with Crippen molar-refractivity contribution in [1.82, 2.24) is 0 Å². The SMILES string of the molecule is C[C@@H]1O[C@@H](OC(=N)C(Cl)(Cl)Cl)[C@H](O[C@@H]2O[C@H](COC(=O)c3ccccc3)[C@@H](OC(=O)c3ccccc3)[C@H](OC(=O)c3ccccc3)[C@H]2OC(=O)c2ccccc2)[C@H](OC(=O)c2ccccc2)[C@H]1OC(=O)c1ccccc1. The van der Waals surface area contributed by atoms with Crippen LogP contribution in [0.2, 0.25) is 0 Å². The molecule has 76 heavy (non-hydrogen) atoms. The molecule has 0 amide bonds. The van der Waals surface area contributed by atoms with E-state index in [1.807, 2.05) is 0 Å². The first kappa shape index (κ1) is 54.6. The molecular weight excluding hydrogens is 1050 g/mol. The van der Waals surface area contributed by atoms with E-state index < -0.39 is 114 Å². The third-order valence-electron chi connectivity index (χ3n) is 11.8. The van der Waals surface area contributed by atoms with Crippen molar-refractivity contribution in [2.45, 2.75) is 72.1 Å². The summed E-state index contributed by atoms with van der Waals surface area (Å²) in [4.78, 5) is 84.8. The van der Waals surface area contributed by atoms with Crippen molar-refractivity contribution in [1.29, 1.82) is 5.41 Å². The minimum atomic E-state index is -2.53. The van der Waals surface area contributed by atoms with E-state index in [0.29, 0.717) is 0 Å². The highest BCUT2D eigenvalue weighted by atomic mass is 35.6. The zero-order valence-corrected chi connectivity index (χ0v) is 42.2. The van der Waals surface area contributed by atoms with Crippen molar-refractivity contribution < 1.29 is 76.1 Å². The number of halogens is 3. The molecule has 20 heteroatoms. The molecule has 0 saturated carbocycles. The summed E-state index contributed by atoms with van der Waals surface area (Å²) in [6.45, 7) is 0.695. The van der Waals surface area contributed by atoms with Crippen LogP contribution in [0.4, 0.5) is 0 Å². The molecule has 2 fully saturated rings. The fourth-order valence-electron chi connectivity index (χ4n) is 8.02. The van der Waals surface area contributed by atoms with Gasteiger partial charge in [0.15, 0.2) is 42.9 Å². The lowest BCUT2D eigenvalue weighted by Gasteiger charge is -2.48. The number of benzene rings is 6. The van der Waals surface area contributed by atoms with Gasteiger partial charge in [0.05, 0.1) is 39.5 Å². The molecule has 0 unspecified atom stereocenters. The molecule has 17 nitrogen and oxygen atoms in total. The number of esters is 6. The highest BCUT2D eigenvalue weighted by Gasteiger charge is 2.58. The summed E-state index contributed by atoms with van der Waals surface area (Å²) < 4.78 is 59.7. The fraction of sp³-hybridized carbons (Fsp3) is 0.232. The highest BCUT2D eigenvalue weighted by Crippen LogP contribution is 2.38.